The Balaban J connectivity index is 1.52. The van der Waals surface area contributed by atoms with E-state index in [2.05, 4.69) is 22.2 Å². The fraction of sp³-hybridized carbons (Fsp3) is 0.333. The van der Waals surface area contributed by atoms with E-state index in [-0.39, 0.29) is 6.10 Å². The minimum atomic E-state index is 0.0402. The first kappa shape index (κ1) is 16.4. The lowest BCUT2D eigenvalue weighted by molar-refractivity contribution is -0.00181. The molecule has 0 spiro atoms. The maximum absolute atomic E-state index is 5.86. The summed E-state index contributed by atoms with van der Waals surface area (Å²) >= 11 is 0. The molecule has 0 saturated carbocycles. The molecule has 0 aliphatic rings. The van der Waals surface area contributed by atoms with Crippen molar-refractivity contribution in [1.29, 1.82) is 0 Å². The Bertz CT molecular complexity index is 773. The summed E-state index contributed by atoms with van der Waals surface area (Å²) in [5.74, 6) is 0.491. The zero-order chi connectivity index (χ0) is 16.8. The molecular weight excluding hydrogens is 304 g/mol. The van der Waals surface area contributed by atoms with E-state index in [4.69, 9.17) is 15.2 Å². The van der Waals surface area contributed by atoms with E-state index in [9.17, 15) is 0 Å². The molecule has 0 radical (unpaired) electrons. The minimum Gasteiger partial charge on any atom is -0.382 e. The molecule has 6 heteroatoms. The number of nitrogens with two attached hydrogens (primary N) is 1. The Kier molecular flexibility index (Phi) is 5.40. The molecule has 1 atom stereocenters. The van der Waals surface area contributed by atoms with Crippen LogP contribution in [0, 0.1) is 0 Å². The highest BCUT2D eigenvalue weighted by atomic mass is 16.5. The Hall–Kier alpha value is -2.44. The number of hydrogen-bond donors (Lipinski definition) is 1. The number of fused-ring (bicyclic) bond motifs is 1. The zero-order valence-corrected chi connectivity index (χ0v) is 13.8. The van der Waals surface area contributed by atoms with Gasteiger partial charge in [-0.25, -0.2) is 9.50 Å². The smallest absolute Gasteiger partial charge is 0.151 e. The highest BCUT2D eigenvalue weighted by molar-refractivity contribution is 5.65. The van der Waals surface area contributed by atoms with Crippen LogP contribution in [0.4, 0.5) is 5.82 Å². The second-order valence-corrected chi connectivity index (χ2v) is 5.66. The van der Waals surface area contributed by atoms with E-state index in [0.717, 1.165) is 29.6 Å². The molecule has 0 amide bonds. The average Bonchev–Trinajstić information content (AvgIpc) is 3.03. The van der Waals surface area contributed by atoms with E-state index < -0.39 is 0 Å². The average molecular weight is 326 g/mol. The van der Waals surface area contributed by atoms with Crippen LogP contribution in [0.15, 0.2) is 48.8 Å². The van der Waals surface area contributed by atoms with E-state index >= 15 is 0 Å². The normalized spacial score (nSPS) is 12.5. The van der Waals surface area contributed by atoms with Crippen molar-refractivity contribution in [2.24, 2.45) is 0 Å². The maximum Gasteiger partial charge on any atom is 0.151 e. The van der Waals surface area contributed by atoms with Crippen molar-refractivity contribution in [3.8, 4) is 0 Å². The fourth-order valence-electron chi connectivity index (χ4n) is 2.66. The Labute approximate surface area is 141 Å². The van der Waals surface area contributed by atoms with Gasteiger partial charge in [0.25, 0.3) is 0 Å². The summed E-state index contributed by atoms with van der Waals surface area (Å²) in [6.07, 6.45) is 3.19. The first-order valence-electron chi connectivity index (χ1n) is 7.99. The van der Waals surface area contributed by atoms with Gasteiger partial charge < -0.3 is 15.2 Å². The third-order valence-electron chi connectivity index (χ3n) is 4.03. The standard InChI is InChI=1S/C18H22N4O2/c1-23-16(12-24-11-14-5-3-2-4-6-14)9-7-15-8-10-17-18(19)20-13-21-22(15)17/h2-6,8,10,13,16H,7,9,11-12H2,1H3,(H2,19,20,21)/t16-/m0/s1. The van der Waals surface area contributed by atoms with Gasteiger partial charge in [0.1, 0.15) is 11.8 Å². The van der Waals surface area contributed by atoms with Crippen LogP contribution >= 0.6 is 0 Å². The van der Waals surface area contributed by atoms with E-state index in [1.54, 1.807) is 7.11 Å². The van der Waals surface area contributed by atoms with E-state index in [0.29, 0.717) is 19.0 Å². The van der Waals surface area contributed by atoms with Crippen LogP contribution in [0.1, 0.15) is 17.7 Å². The molecule has 24 heavy (non-hydrogen) atoms. The molecule has 0 saturated heterocycles. The first-order valence-corrected chi connectivity index (χ1v) is 7.99. The van der Waals surface area contributed by atoms with Crippen LogP contribution in [0.5, 0.6) is 0 Å². The summed E-state index contributed by atoms with van der Waals surface area (Å²) in [5, 5.41) is 4.26. The Morgan fingerprint density at radius 1 is 1.17 bits per heavy atom. The minimum absolute atomic E-state index is 0.0402. The summed E-state index contributed by atoms with van der Waals surface area (Å²) < 4.78 is 13.1. The number of aromatic nitrogens is 3. The predicted molar refractivity (Wildman–Crippen MR) is 92.6 cm³/mol. The third kappa shape index (κ3) is 3.90. The van der Waals surface area contributed by atoms with Crippen LogP contribution < -0.4 is 5.73 Å². The lowest BCUT2D eigenvalue weighted by Crippen LogP contribution is -2.19. The van der Waals surface area contributed by atoms with Crippen molar-refractivity contribution < 1.29 is 9.47 Å². The second kappa shape index (κ2) is 7.90. The van der Waals surface area contributed by atoms with Gasteiger partial charge in [-0.1, -0.05) is 30.3 Å². The van der Waals surface area contributed by atoms with Gasteiger partial charge in [0.2, 0.25) is 0 Å². The van der Waals surface area contributed by atoms with Crippen LogP contribution in [0.3, 0.4) is 0 Å². The van der Waals surface area contributed by atoms with Crippen molar-refractivity contribution in [2.75, 3.05) is 19.5 Å². The van der Waals surface area contributed by atoms with Crippen molar-refractivity contribution in [2.45, 2.75) is 25.6 Å². The SMILES string of the molecule is CO[C@@H](CCc1ccc2c(N)ncnn12)COCc1ccccc1. The molecule has 2 N–H and O–H groups in total. The number of anilines is 1. The highest BCUT2D eigenvalue weighted by Gasteiger charge is 2.11. The molecule has 2 heterocycles. The molecular formula is C18H22N4O2. The molecule has 6 nitrogen and oxygen atoms in total. The number of aryl methyl sites for hydroxylation is 1. The molecule has 3 aromatic rings. The van der Waals surface area contributed by atoms with Crippen molar-refractivity contribution in [3.05, 3.63) is 60.0 Å². The number of methoxy groups -OCH3 is 1. The number of nitrogen functional groups attached to an aromatic ring is 1. The van der Waals surface area contributed by atoms with Crippen molar-refractivity contribution in [1.82, 2.24) is 14.6 Å². The number of ether oxygens (including phenoxy) is 2. The van der Waals surface area contributed by atoms with Gasteiger partial charge in [-0.2, -0.15) is 5.10 Å². The Morgan fingerprint density at radius 2 is 2.00 bits per heavy atom. The monoisotopic (exact) mass is 326 g/mol. The van der Waals surface area contributed by atoms with Crippen LogP contribution in [0.25, 0.3) is 5.52 Å². The topological polar surface area (TPSA) is 74.7 Å². The second-order valence-electron chi connectivity index (χ2n) is 5.66. The molecule has 126 valence electrons. The molecule has 0 aliphatic carbocycles. The van der Waals surface area contributed by atoms with Crippen LogP contribution in [-0.2, 0) is 22.5 Å². The van der Waals surface area contributed by atoms with Crippen molar-refractivity contribution in [3.63, 3.8) is 0 Å². The van der Waals surface area contributed by atoms with E-state index in [1.165, 1.54) is 6.33 Å². The lowest BCUT2D eigenvalue weighted by Gasteiger charge is -2.15. The van der Waals surface area contributed by atoms with Crippen molar-refractivity contribution >= 4 is 11.3 Å². The molecule has 0 unspecified atom stereocenters. The number of rotatable bonds is 8. The molecule has 0 bridgehead atoms. The molecule has 3 rings (SSSR count). The summed E-state index contributed by atoms with van der Waals surface area (Å²) in [7, 11) is 1.72. The maximum atomic E-state index is 5.86. The first-order chi connectivity index (χ1) is 11.8. The number of hydrogen-bond acceptors (Lipinski definition) is 5. The van der Waals surface area contributed by atoms with Gasteiger partial charge in [0, 0.05) is 12.8 Å². The summed E-state index contributed by atoms with van der Waals surface area (Å²) in [4.78, 5) is 4.00. The predicted octanol–water partition coefficient (Wildman–Crippen LogP) is 2.48. The lowest BCUT2D eigenvalue weighted by atomic mass is 10.1. The number of nitrogens with zero attached hydrogens (tertiary/aromatic N) is 3. The van der Waals surface area contributed by atoms with Crippen LogP contribution in [-0.4, -0.2) is 34.4 Å². The Morgan fingerprint density at radius 3 is 2.79 bits per heavy atom. The quantitative estimate of drug-likeness (QED) is 0.688. The fourth-order valence-corrected chi connectivity index (χ4v) is 2.66. The molecule has 0 aliphatic heterocycles. The van der Waals surface area contributed by atoms with E-state index in [1.807, 2.05) is 34.8 Å². The molecule has 2 aromatic heterocycles. The van der Waals surface area contributed by atoms with Gasteiger partial charge >= 0.3 is 0 Å². The summed E-state index contributed by atoms with van der Waals surface area (Å²) in [6, 6.07) is 14.1. The number of benzene rings is 1. The van der Waals surface area contributed by atoms with Gasteiger partial charge in [0.05, 0.1) is 19.3 Å². The third-order valence-corrected chi connectivity index (χ3v) is 4.03. The van der Waals surface area contributed by atoms with Crippen LogP contribution in [0.2, 0.25) is 0 Å². The zero-order valence-electron chi connectivity index (χ0n) is 13.8. The van der Waals surface area contributed by atoms with Gasteiger partial charge in [-0.3, -0.25) is 0 Å². The summed E-state index contributed by atoms with van der Waals surface area (Å²) in [5.41, 5.74) is 8.94. The summed E-state index contributed by atoms with van der Waals surface area (Å²) in [6.45, 7) is 1.16. The highest BCUT2D eigenvalue weighted by Crippen LogP contribution is 2.15. The molecule has 0 fully saturated rings. The largest absolute Gasteiger partial charge is 0.382 e. The van der Waals surface area contributed by atoms with Gasteiger partial charge in [0.15, 0.2) is 5.82 Å². The van der Waals surface area contributed by atoms with Gasteiger partial charge in [-0.15, -0.1) is 0 Å². The molecule has 1 aromatic carbocycles. The van der Waals surface area contributed by atoms with Gasteiger partial charge in [-0.05, 0) is 30.5 Å².